The molecule has 0 unspecified atom stereocenters. The van der Waals surface area contributed by atoms with E-state index >= 15 is 0 Å². The van der Waals surface area contributed by atoms with Crippen molar-refractivity contribution in [1.82, 2.24) is 19.7 Å². The molecule has 1 aliphatic heterocycles. The predicted octanol–water partition coefficient (Wildman–Crippen LogP) is 2.30. The second kappa shape index (κ2) is 6.23. The van der Waals surface area contributed by atoms with E-state index in [0.717, 1.165) is 37.0 Å². The number of aromatic nitrogens is 3. The molecule has 1 fully saturated rings. The van der Waals surface area contributed by atoms with Crippen molar-refractivity contribution < 1.29 is 9.21 Å². The van der Waals surface area contributed by atoms with Crippen molar-refractivity contribution >= 4 is 23.0 Å². The first-order valence-electron chi connectivity index (χ1n) is 8.48. The largest absolute Gasteiger partial charge is 0.423 e. The van der Waals surface area contributed by atoms with E-state index in [0.29, 0.717) is 11.6 Å². The summed E-state index contributed by atoms with van der Waals surface area (Å²) in [5.41, 5.74) is 2.32. The lowest BCUT2D eigenvalue weighted by Gasteiger charge is -2.35. The molecule has 25 heavy (non-hydrogen) atoms. The molecule has 0 saturated carbocycles. The molecule has 0 spiro atoms. The highest BCUT2D eigenvalue weighted by Crippen LogP contribution is 2.26. The van der Waals surface area contributed by atoms with Crippen molar-refractivity contribution in [2.24, 2.45) is 7.05 Å². The van der Waals surface area contributed by atoms with Gasteiger partial charge in [-0.1, -0.05) is 12.1 Å². The Morgan fingerprint density at radius 1 is 1.28 bits per heavy atom. The first-order valence-corrected chi connectivity index (χ1v) is 8.48. The van der Waals surface area contributed by atoms with Crippen molar-refractivity contribution in [2.45, 2.75) is 18.9 Å². The lowest BCUT2D eigenvalue weighted by molar-refractivity contribution is 0.0708. The predicted molar refractivity (Wildman–Crippen MR) is 94.5 cm³/mol. The molecular weight excluding hydrogens is 318 g/mol. The second-order valence-corrected chi connectivity index (χ2v) is 6.50. The van der Waals surface area contributed by atoms with E-state index in [2.05, 4.69) is 15.0 Å². The van der Waals surface area contributed by atoms with Gasteiger partial charge in [0.2, 0.25) is 0 Å². The van der Waals surface area contributed by atoms with Gasteiger partial charge in [-0.05, 0) is 25.0 Å². The van der Waals surface area contributed by atoms with E-state index in [9.17, 15) is 4.79 Å². The number of anilines is 1. The fourth-order valence-corrected chi connectivity index (χ4v) is 3.34. The zero-order chi connectivity index (χ0) is 17.4. The van der Waals surface area contributed by atoms with E-state index in [1.54, 1.807) is 17.1 Å². The second-order valence-electron chi connectivity index (χ2n) is 6.50. The molecular formula is C18H21N5O2. The molecule has 130 valence electrons. The monoisotopic (exact) mass is 339 g/mol. The normalized spacial score (nSPS) is 15.7. The zero-order valence-corrected chi connectivity index (χ0v) is 14.4. The molecule has 0 bridgehead atoms. The molecule has 2 aromatic heterocycles. The number of fused-ring (bicyclic) bond motifs is 1. The van der Waals surface area contributed by atoms with Crippen LogP contribution in [0.5, 0.6) is 0 Å². The third kappa shape index (κ3) is 2.97. The van der Waals surface area contributed by atoms with Crippen molar-refractivity contribution in [3.63, 3.8) is 0 Å². The minimum absolute atomic E-state index is 0.0217. The summed E-state index contributed by atoms with van der Waals surface area (Å²) < 4.78 is 7.50. The number of hydrogen-bond acceptors (Lipinski definition) is 5. The molecule has 7 heteroatoms. The Bertz CT molecular complexity index is 859. The molecule has 3 aromatic rings. The molecule has 1 saturated heterocycles. The van der Waals surface area contributed by atoms with Gasteiger partial charge in [0.25, 0.3) is 11.9 Å². The number of carbonyl (C=O) groups excluding carboxylic acids is 1. The maximum Gasteiger partial charge on any atom is 0.298 e. The molecule has 0 radical (unpaired) electrons. The van der Waals surface area contributed by atoms with E-state index in [-0.39, 0.29) is 11.9 Å². The Hall–Kier alpha value is -2.83. The van der Waals surface area contributed by atoms with Gasteiger partial charge in [-0.2, -0.15) is 10.1 Å². The van der Waals surface area contributed by atoms with Crippen molar-refractivity contribution in [1.29, 1.82) is 0 Å². The third-order valence-corrected chi connectivity index (χ3v) is 4.84. The van der Waals surface area contributed by atoms with Gasteiger partial charge in [0, 0.05) is 39.4 Å². The van der Waals surface area contributed by atoms with Gasteiger partial charge in [0.15, 0.2) is 5.58 Å². The molecule has 0 aliphatic carbocycles. The first-order chi connectivity index (χ1) is 12.1. The number of para-hydroxylation sites is 2. The number of hydrogen-bond donors (Lipinski definition) is 0. The summed E-state index contributed by atoms with van der Waals surface area (Å²) in [5, 5.41) is 4.08. The fraction of sp³-hybridized carbons (Fsp3) is 0.389. The number of rotatable bonds is 3. The molecule has 0 N–H and O–H groups in total. The molecule has 0 atom stereocenters. The lowest BCUT2D eigenvalue weighted by Crippen LogP contribution is -2.45. The topological polar surface area (TPSA) is 67.4 Å². The average molecular weight is 339 g/mol. The Labute approximate surface area is 145 Å². The van der Waals surface area contributed by atoms with E-state index in [1.807, 2.05) is 43.3 Å². The maximum atomic E-state index is 12.6. The zero-order valence-electron chi connectivity index (χ0n) is 14.4. The minimum atomic E-state index is 0.0217. The Kier molecular flexibility index (Phi) is 3.91. The molecule has 4 rings (SSSR count). The van der Waals surface area contributed by atoms with Gasteiger partial charge in [-0.3, -0.25) is 9.48 Å². The molecule has 3 heterocycles. The van der Waals surface area contributed by atoms with Gasteiger partial charge in [0.05, 0.1) is 11.8 Å². The first kappa shape index (κ1) is 15.7. The molecule has 7 nitrogen and oxygen atoms in total. The fourth-order valence-electron chi connectivity index (χ4n) is 3.34. The van der Waals surface area contributed by atoms with Crippen LogP contribution in [0.15, 0.2) is 41.1 Å². The Morgan fingerprint density at radius 2 is 2.04 bits per heavy atom. The summed E-state index contributed by atoms with van der Waals surface area (Å²) in [6.45, 7) is 1.64. The molecule has 1 aromatic carbocycles. The summed E-state index contributed by atoms with van der Waals surface area (Å²) in [6.07, 6.45) is 5.15. The molecule has 1 amide bonds. The molecule has 1 aliphatic rings. The average Bonchev–Trinajstić information content (AvgIpc) is 3.26. The number of oxazole rings is 1. The van der Waals surface area contributed by atoms with Crippen LogP contribution in [0.2, 0.25) is 0 Å². The Morgan fingerprint density at radius 3 is 2.72 bits per heavy atom. The van der Waals surface area contributed by atoms with Crippen molar-refractivity contribution in [3.05, 3.63) is 42.2 Å². The minimum Gasteiger partial charge on any atom is -0.423 e. The van der Waals surface area contributed by atoms with Crippen LogP contribution >= 0.6 is 0 Å². The van der Waals surface area contributed by atoms with E-state index in [4.69, 9.17) is 4.42 Å². The highest BCUT2D eigenvalue weighted by Gasteiger charge is 2.28. The summed E-state index contributed by atoms with van der Waals surface area (Å²) in [5.74, 6) is 0.0217. The van der Waals surface area contributed by atoms with Crippen LogP contribution in [-0.2, 0) is 7.05 Å². The number of carbonyl (C=O) groups is 1. The standard InChI is InChI=1S/C18H21N5O2/c1-21-12-13(11-19-21)17(24)22(2)14-7-9-23(10-8-14)18-20-15-5-3-4-6-16(15)25-18/h3-6,11-12,14H,7-10H2,1-2H3. The van der Waals surface area contributed by atoms with Gasteiger partial charge >= 0.3 is 0 Å². The van der Waals surface area contributed by atoms with Crippen LogP contribution in [0.25, 0.3) is 11.1 Å². The van der Waals surface area contributed by atoms with Crippen LogP contribution in [0.1, 0.15) is 23.2 Å². The SMILES string of the molecule is CN(C(=O)c1cnn(C)c1)C1CCN(c2nc3ccccc3o2)CC1. The van der Waals surface area contributed by atoms with Crippen LogP contribution in [0, 0.1) is 0 Å². The summed E-state index contributed by atoms with van der Waals surface area (Å²) in [6, 6.07) is 8.67. The van der Waals surface area contributed by atoms with Gasteiger partial charge in [-0.15, -0.1) is 0 Å². The number of aryl methyl sites for hydroxylation is 1. The van der Waals surface area contributed by atoms with E-state index < -0.39 is 0 Å². The number of piperidine rings is 1. The van der Waals surface area contributed by atoms with Crippen molar-refractivity contribution in [2.75, 3.05) is 25.0 Å². The lowest BCUT2D eigenvalue weighted by atomic mass is 10.0. The van der Waals surface area contributed by atoms with Gasteiger partial charge < -0.3 is 14.2 Å². The maximum absolute atomic E-state index is 12.6. The quantitative estimate of drug-likeness (QED) is 0.732. The summed E-state index contributed by atoms with van der Waals surface area (Å²) >= 11 is 0. The van der Waals surface area contributed by atoms with Gasteiger partial charge in [-0.25, -0.2) is 0 Å². The van der Waals surface area contributed by atoms with Crippen LogP contribution in [0.3, 0.4) is 0 Å². The summed E-state index contributed by atoms with van der Waals surface area (Å²) in [7, 11) is 3.69. The van der Waals surface area contributed by atoms with Gasteiger partial charge in [0.1, 0.15) is 5.52 Å². The van der Waals surface area contributed by atoms with Crippen LogP contribution < -0.4 is 4.90 Å². The number of amides is 1. The smallest absolute Gasteiger partial charge is 0.298 e. The number of nitrogens with zero attached hydrogens (tertiary/aromatic N) is 5. The van der Waals surface area contributed by atoms with Crippen LogP contribution in [0.4, 0.5) is 6.01 Å². The van der Waals surface area contributed by atoms with Crippen LogP contribution in [-0.4, -0.2) is 51.8 Å². The Balaban J connectivity index is 1.41. The third-order valence-electron chi connectivity index (χ3n) is 4.84. The highest BCUT2D eigenvalue weighted by molar-refractivity contribution is 5.93. The van der Waals surface area contributed by atoms with Crippen molar-refractivity contribution in [3.8, 4) is 0 Å². The highest BCUT2D eigenvalue weighted by atomic mass is 16.4. The number of benzene rings is 1. The summed E-state index contributed by atoms with van der Waals surface area (Å²) in [4.78, 5) is 21.1. The van der Waals surface area contributed by atoms with E-state index in [1.165, 1.54) is 0 Å².